The van der Waals surface area contributed by atoms with Crippen molar-refractivity contribution < 1.29 is 10.0 Å². The van der Waals surface area contributed by atoms with E-state index in [0.29, 0.717) is 31.1 Å². The fourth-order valence-corrected chi connectivity index (χ4v) is 2.57. The van der Waals surface area contributed by atoms with Gasteiger partial charge in [-0.2, -0.15) is 0 Å². The maximum atomic E-state index is 12.0. The lowest BCUT2D eigenvalue weighted by atomic mass is 9.99. The molecule has 0 bridgehead atoms. The first kappa shape index (κ1) is 13.0. The second-order valence-electron chi connectivity index (χ2n) is 5.48. The summed E-state index contributed by atoms with van der Waals surface area (Å²) in [7, 11) is 0. The molecule has 0 atom stereocenters. The van der Waals surface area contributed by atoms with Gasteiger partial charge in [0.1, 0.15) is 0 Å². The third-order valence-corrected chi connectivity index (χ3v) is 3.91. The van der Waals surface area contributed by atoms with E-state index in [2.05, 4.69) is 10.5 Å². The largest absolute Gasteiger partial charge is 0.411 e. The lowest BCUT2D eigenvalue weighted by Crippen LogP contribution is -2.41. The highest BCUT2D eigenvalue weighted by Gasteiger charge is 2.25. The highest BCUT2D eigenvalue weighted by molar-refractivity contribution is 6.07. The highest BCUT2D eigenvalue weighted by atomic mass is 16.4. The zero-order valence-corrected chi connectivity index (χ0v) is 11.4. The number of carbonyl (C=O) groups is 1. The average molecular weight is 273 g/mol. The molecular formula is C15H19N3O2. The minimum atomic E-state index is 0.0658. The molecule has 20 heavy (non-hydrogen) atoms. The van der Waals surface area contributed by atoms with Crippen LogP contribution in [0.5, 0.6) is 0 Å². The highest BCUT2D eigenvalue weighted by Crippen LogP contribution is 2.28. The molecule has 106 valence electrons. The van der Waals surface area contributed by atoms with Crippen molar-refractivity contribution in [3.05, 3.63) is 29.8 Å². The quantitative estimate of drug-likeness (QED) is 0.647. The number of anilines is 1. The van der Waals surface area contributed by atoms with Crippen LogP contribution in [-0.2, 0) is 4.79 Å². The minimum absolute atomic E-state index is 0.0658. The van der Waals surface area contributed by atoms with Crippen LogP contribution in [0.4, 0.5) is 5.69 Å². The molecule has 1 aliphatic heterocycles. The number of para-hydroxylation sites is 1. The Hall–Kier alpha value is -2.04. The molecule has 0 spiro atoms. The molecular weight excluding hydrogens is 254 g/mol. The van der Waals surface area contributed by atoms with Crippen LogP contribution < -0.4 is 10.2 Å². The molecule has 1 aliphatic carbocycles. The van der Waals surface area contributed by atoms with Crippen LogP contribution in [0.3, 0.4) is 0 Å². The summed E-state index contributed by atoms with van der Waals surface area (Å²) in [5.74, 6) is 0.761. The molecule has 1 aromatic rings. The molecule has 0 unspecified atom stereocenters. The number of fused-ring (bicyclic) bond motifs is 1. The number of carbonyl (C=O) groups excluding carboxylic acids is 1. The summed E-state index contributed by atoms with van der Waals surface area (Å²) in [5, 5.41) is 15.4. The number of nitrogens with one attached hydrogen (secondary N) is 1. The van der Waals surface area contributed by atoms with Crippen LogP contribution in [0.2, 0.25) is 0 Å². The molecule has 1 amide bonds. The average Bonchev–Trinajstić information content (AvgIpc) is 3.30. The summed E-state index contributed by atoms with van der Waals surface area (Å²) in [5.41, 5.74) is 2.57. The molecule has 1 fully saturated rings. The number of hydrogen-bond donors (Lipinski definition) is 2. The Labute approximate surface area is 118 Å². The van der Waals surface area contributed by atoms with Crippen molar-refractivity contribution in [3.8, 4) is 0 Å². The summed E-state index contributed by atoms with van der Waals surface area (Å²) in [6.07, 6.45) is 3.13. The predicted octanol–water partition coefficient (Wildman–Crippen LogP) is 1.60. The van der Waals surface area contributed by atoms with Gasteiger partial charge in [0.15, 0.2) is 0 Å². The minimum Gasteiger partial charge on any atom is -0.411 e. The van der Waals surface area contributed by atoms with Gasteiger partial charge >= 0.3 is 0 Å². The van der Waals surface area contributed by atoms with Crippen LogP contribution in [0.1, 0.15) is 24.8 Å². The van der Waals surface area contributed by atoms with Gasteiger partial charge in [-0.3, -0.25) is 4.79 Å². The summed E-state index contributed by atoms with van der Waals surface area (Å²) in [6, 6.07) is 7.75. The molecule has 1 heterocycles. The van der Waals surface area contributed by atoms with Gasteiger partial charge in [-0.25, -0.2) is 0 Å². The first-order valence-electron chi connectivity index (χ1n) is 7.10. The van der Waals surface area contributed by atoms with Crippen molar-refractivity contribution in [2.24, 2.45) is 11.1 Å². The van der Waals surface area contributed by atoms with Crippen molar-refractivity contribution >= 4 is 17.3 Å². The lowest BCUT2D eigenvalue weighted by Gasteiger charge is -2.30. The monoisotopic (exact) mass is 273 g/mol. The van der Waals surface area contributed by atoms with Crippen molar-refractivity contribution in [3.63, 3.8) is 0 Å². The van der Waals surface area contributed by atoms with Gasteiger partial charge in [-0.15, -0.1) is 0 Å². The Morgan fingerprint density at radius 1 is 1.40 bits per heavy atom. The molecule has 1 aromatic carbocycles. The summed E-state index contributed by atoms with van der Waals surface area (Å²) in [4.78, 5) is 14.0. The fourth-order valence-electron chi connectivity index (χ4n) is 2.57. The second-order valence-corrected chi connectivity index (χ2v) is 5.48. The zero-order valence-electron chi connectivity index (χ0n) is 11.4. The topological polar surface area (TPSA) is 64.9 Å². The van der Waals surface area contributed by atoms with E-state index in [0.717, 1.165) is 17.8 Å². The van der Waals surface area contributed by atoms with Crippen LogP contribution in [0.15, 0.2) is 29.4 Å². The van der Waals surface area contributed by atoms with Crippen LogP contribution in [0.25, 0.3) is 0 Å². The number of benzene rings is 1. The summed E-state index contributed by atoms with van der Waals surface area (Å²) >= 11 is 0. The first-order valence-corrected chi connectivity index (χ1v) is 7.10. The van der Waals surface area contributed by atoms with Gasteiger partial charge in [0.25, 0.3) is 0 Å². The van der Waals surface area contributed by atoms with E-state index < -0.39 is 0 Å². The number of rotatable bonds is 4. The molecule has 5 nitrogen and oxygen atoms in total. The Bertz CT molecular complexity index is 538. The number of oxime groups is 1. The van der Waals surface area contributed by atoms with E-state index in [1.54, 1.807) is 0 Å². The molecule has 2 N–H and O–H groups in total. The van der Waals surface area contributed by atoms with Crippen molar-refractivity contribution in [2.75, 3.05) is 24.5 Å². The Morgan fingerprint density at radius 3 is 2.95 bits per heavy atom. The number of nitrogens with zero attached hydrogens (tertiary/aromatic N) is 2. The normalized spacial score (nSPS) is 19.8. The van der Waals surface area contributed by atoms with Crippen molar-refractivity contribution in [1.29, 1.82) is 0 Å². The molecule has 0 radical (unpaired) electrons. The van der Waals surface area contributed by atoms with Gasteiger partial charge in [0, 0.05) is 30.8 Å². The summed E-state index contributed by atoms with van der Waals surface area (Å²) < 4.78 is 0. The van der Waals surface area contributed by atoms with E-state index in [-0.39, 0.29) is 5.91 Å². The van der Waals surface area contributed by atoms with E-state index in [1.165, 1.54) is 12.8 Å². The Kier molecular flexibility index (Phi) is 3.58. The van der Waals surface area contributed by atoms with Gasteiger partial charge in [0.2, 0.25) is 5.91 Å². The summed E-state index contributed by atoms with van der Waals surface area (Å²) in [6.45, 7) is 1.87. The molecule has 5 heteroatoms. The Balaban J connectivity index is 1.69. The van der Waals surface area contributed by atoms with Crippen LogP contribution >= 0.6 is 0 Å². The smallest absolute Gasteiger partial charge is 0.239 e. The van der Waals surface area contributed by atoms with E-state index in [1.807, 2.05) is 29.2 Å². The lowest BCUT2D eigenvalue weighted by molar-refractivity contribution is -0.119. The van der Waals surface area contributed by atoms with Crippen molar-refractivity contribution in [2.45, 2.75) is 19.3 Å². The Morgan fingerprint density at radius 2 is 2.20 bits per heavy atom. The van der Waals surface area contributed by atoms with Crippen LogP contribution in [-0.4, -0.2) is 36.5 Å². The predicted molar refractivity (Wildman–Crippen MR) is 77.3 cm³/mol. The maximum Gasteiger partial charge on any atom is 0.239 e. The molecule has 0 aromatic heterocycles. The standard InChI is InChI=1S/C15H19N3O2/c19-15(16-9-11-5-6-11)10-18-8-7-13(17-20)12-3-1-2-4-14(12)18/h1-4,11,20H,5-10H2,(H,16,19). The second kappa shape index (κ2) is 5.53. The molecule has 1 saturated carbocycles. The molecule has 0 saturated heterocycles. The third kappa shape index (κ3) is 2.76. The SMILES string of the molecule is O=C(CN1CCC(=NO)c2ccccc21)NCC1CC1. The van der Waals surface area contributed by atoms with E-state index >= 15 is 0 Å². The van der Waals surface area contributed by atoms with E-state index in [4.69, 9.17) is 5.21 Å². The maximum absolute atomic E-state index is 12.0. The van der Waals surface area contributed by atoms with Gasteiger partial charge in [0.05, 0.1) is 12.3 Å². The molecule has 3 rings (SSSR count). The first-order chi connectivity index (χ1) is 9.78. The zero-order chi connectivity index (χ0) is 13.9. The van der Waals surface area contributed by atoms with Gasteiger partial charge in [-0.05, 0) is 24.8 Å². The van der Waals surface area contributed by atoms with E-state index in [9.17, 15) is 4.79 Å². The third-order valence-electron chi connectivity index (χ3n) is 3.91. The van der Waals surface area contributed by atoms with Gasteiger partial charge in [-0.1, -0.05) is 23.4 Å². The molecule has 2 aliphatic rings. The van der Waals surface area contributed by atoms with Crippen LogP contribution in [0, 0.1) is 5.92 Å². The fraction of sp³-hybridized carbons (Fsp3) is 0.467. The number of amides is 1. The van der Waals surface area contributed by atoms with Gasteiger partial charge < -0.3 is 15.4 Å². The van der Waals surface area contributed by atoms with Crippen molar-refractivity contribution in [1.82, 2.24) is 5.32 Å². The number of hydrogen-bond acceptors (Lipinski definition) is 4.